The van der Waals surface area contributed by atoms with Gasteiger partial charge in [0.15, 0.2) is 0 Å². The number of hydrogen-bond acceptors (Lipinski definition) is 2. The number of nitrogens with one attached hydrogen (secondary N) is 1. The molecule has 4 heteroatoms. The van der Waals surface area contributed by atoms with Crippen LogP contribution in [0, 0.1) is 11.8 Å². The SMILES string of the molecule is O=C1C2c3[nH]c4ccccc4c3C3CCCCCC3C2C(=O)N1c1ccccc1. The molecule has 146 valence electrons. The van der Waals surface area contributed by atoms with Crippen molar-refractivity contribution in [1.29, 1.82) is 0 Å². The van der Waals surface area contributed by atoms with Crippen LogP contribution in [0.1, 0.15) is 55.2 Å². The fraction of sp³-hybridized carbons (Fsp3) is 0.360. The molecule has 6 rings (SSSR count). The maximum absolute atomic E-state index is 13.6. The smallest absolute Gasteiger partial charge is 0.243 e. The summed E-state index contributed by atoms with van der Waals surface area (Å²) in [6.07, 6.45) is 5.70. The number of amides is 2. The Morgan fingerprint density at radius 3 is 2.45 bits per heavy atom. The summed E-state index contributed by atoms with van der Waals surface area (Å²) in [7, 11) is 0. The minimum absolute atomic E-state index is 0.00703. The number of imide groups is 1. The van der Waals surface area contributed by atoms with Crippen LogP contribution >= 0.6 is 0 Å². The molecule has 4 nitrogen and oxygen atoms in total. The van der Waals surface area contributed by atoms with Crippen LogP contribution in [0.4, 0.5) is 5.69 Å². The molecule has 1 saturated carbocycles. The van der Waals surface area contributed by atoms with Crippen molar-refractivity contribution in [1.82, 2.24) is 4.98 Å². The molecule has 4 unspecified atom stereocenters. The van der Waals surface area contributed by atoms with E-state index in [1.807, 2.05) is 36.4 Å². The predicted octanol–water partition coefficient (Wildman–Crippen LogP) is 5.12. The molecule has 2 heterocycles. The molecule has 3 aromatic rings. The van der Waals surface area contributed by atoms with Crippen LogP contribution in [0.25, 0.3) is 10.9 Å². The molecule has 4 atom stereocenters. The molecule has 1 aliphatic heterocycles. The van der Waals surface area contributed by atoms with E-state index in [9.17, 15) is 9.59 Å². The number of hydrogen-bond donors (Lipinski definition) is 1. The zero-order chi connectivity index (χ0) is 19.5. The molecule has 2 amide bonds. The standard InChI is InChI=1S/C25H24N2O2/c28-24-21-17-12-6-2-5-11-16(17)20-18-13-7-8-14-19(18)26-23(20)22(21)25(29)27(24)15-9-3-1-4-10-15/h1,3-4,7-10,13-14,16-17,21-22,26H,2,5-6,11-12H2. The van der Waals surface area contributed by atoms with Crippen molar-refractivity contribution in [2.24, 2.45) is 11.8 Å². The van der Waals surface area contributed by atoms with Crippen molar-refractivity contribution in [2.45, 2.75) is 43.9 Å². The van der Waals surface area contributed by atoms with E-state index in [0.29, 0.717) is 11.6 Å². The molecule has 0 spiro atoms. The van der Waals surface area contributed by atoms with Crippen LogP contribution in [0.5, 0.6) is 0 Å². The molecular formula is C25H24N2O2. The molecule has 2 aliphatic carbocycles. The minimum Gasteiger partial charge on any atom is -0.357 e. The maximum atomic E-state index is 13.6. The van der Waals surface area contributed by atoms with Gasteiger partial charge in [-0.2, -0.15) is 0 Å². The third kappa shape index (κ3) is 2.32. The van der Waals surface area contributed by atoms with E-state index in [0.717, 1.165) is 30.5 Å². The summed E-state index contributed by atoms with van der Waals surface area (Å²) in [5, 5.41) is 1.23. The van der Waals surface area contributed by atoms with E-state index in [4.69, 9.17) is 0 Å². The number of rotatable bonds is 1. The van der Waals surface area contributed by atoms with Gasteiger partial charge in [-0.15, -0.1) is 0 Å². The number of aromatic nitrogens is 1. The number of carbonyl (C=O) groups excluding carboxylic acids is 2. The number of benzene rings is 2. The van der Waals surface area contributed by atoms with E-state index >= 15 is 0 Å². The molecule has 2 aromatic carbocycles. The lowest BCUT2D eigenvalue weighted by Crippen LogP contribution is -2.35. The number of fused-ring (bicyclic) bond motifs is 8. The van der Waals surface area contributed by atoms with Gasteiger partial charge < -0.3 is 4.98 Å². The van der Waals surface area contributed by atoms with Crippen molar-refractivity contribution in [3.63, 3.8) is 0 Å². The van der Waals surface area contributed by atoms with Gasteiger partial charge in [0.25, 0.3) is 0 Å². The summed E-state index contributed by atoms with van der Waals surface area (Å²) in [5.41, 5.74) is 4.08. The van der Waals surface area contributed by atoms with E-state index < -0.39 is 0 Å². The second-order valence-corrected chi connectivity index (χ2v) is 8.76. The van der Waals surface area contributed by atoms with Gasteiger partial charge in [0.2, 0.25) is 11.8 Å². The maximum Gasteiger partial charge on any atom is 0.243 e. The number of anilines is 1. The van der Waals surface area contributed by atoms with Gasteiger partial charge >= 0.3 is 0 Å². The molecule has 1 aromatic heterocycles. The summed E-state index contributed by atoms with van der Waals surface area (Å²) >= 11 is 0. The molecule has 2 fully saturated rings. The summed E-state index contributed by atoms with van der Waals surface area (Å²) in [6.45, 7) is 0. The number of para-hydroxylation sites is 2. The second-order valence-electron chi connectivity index (χ2n) is 8.76. The Kier molecular flexibility index (Phi) is 3.70. The second kappa shape index (κ2) is 6.31. The highest BCUT2D eigenvalue weighted by molar-refractivity contribution is 6.24. The fourth-order valence-electron chi connectivity index (χ4n) is 6.21. The zero-order valence-corrected chi connectivity index (χ0v) is 16.3. The first-order valence-electron chi connectivity index (χ1n) is 10.8. The first-order chi connectivity index (χ1) is 14.3. The van der Waals surface area contributed by atoms with E-state index in [1.54, 1.807) is 0 Å². The predicted molar refractivity (Wildman–Crippen MR) is 113 cm³/mol. The normalized spacial score (nSPS) is 28.8. The lowest BCUT2D eigenvalue weighted by molar-refractivity contribution is -0.123. The Morgan fingerprint density at radius 1 is 0.828 bits per heavy atom. The Morgan fingerprint density at radius 2 is 1.59 bits per heavy atom. The highest BCUT2D eigenvalue weighted by Gasteiger charge is 2.58. The van der Waals surface area contributed by atoms with E-state index in [-0.39, 0.29) is 29.6 Å². The first-order valence-corrected chi connectivity index (χ1v) is 10.8. The summed E-state index contributed by atoms with van der Waals surface area (Å²) < 4.78 is 0. The van der Waals surface area contributed by atoms with Crippen LogP contribution in [0.3, 0.4) is 0 Å². The first kappa shape index (κ1) is 17.0. The minimum atomic E-state index is -0.385. The molecule has 29 heavy (non-hydrogen) atoms. The third-order valence-electron chi connectivity index (χ3n) is 7.35. The Labute approximate surface area is 169 Å². The molecule has 1 saturated heterocycles. The van der Waals surface area contributed by atoms with Crippen LogP contribution in [0.15, 0.2) is 54.6 Å². The quantitative estimate of drug-likeness (QED) is 0.592. The largest absolute Gasteiger partial charge is 0.357 e. The third-order valence-corrected chi connectivity index (χ3v) is 7.35. The van der Waals surface area contributed by atoms with Gasteiger partial charge in [-0.3, -0.25) is 9.59 Å². The molecule has 1 N–H and O–H groups in total. The highest BCUT2D eigenvalue weighted by atomic mass is 16.2. The van der Waals surface area contributed by atoms with Crippen LogP contribution in [-0.2, 0) is 9.59 Å². The lowest BCUT2D eigenvalue weighted by Gasteiger charge is -2.37. The van der Waals surface area contributed by atoms with Crippen molar-refractivity contribution in [2.75, 3.05) is 4.90 Å². The number of H-pyrrole nitrogens is 1. The van der Waals surface area contributed by atoms with Crippen LogP contribution in [-0.4, -0.2) is 16.8 Å². The van der Waals surface area contributed by atoms with Crippen molar-refractivity contribution in [3.8, 4) is 0 Å². The molecular weight excluding hydrogens is 360 g/mol. The van der Waals surface area contributed by atoms with Gasteiger partial charge in [-0.1, -0.05) is 55.7 Å². The topological polar surface area (TPSA) is 53.2 Å². The summed E-state index contributed by atoms with van der Waals surface area (Å²) in [6, 6.07) is 17.8. The van der Waals surface area contributed by atoms with Crippen molar-refractivity contribution >= 4 is 28.4 Å². The van der Waals surface area contributed by atoms with Crippen LogP contribution in [0.2, 0.25) is 0 Å². The molecule has 3 aliphatic rings. The van der Waals surface area contributed by atoms with Gasteiger partial charge in [-0.05, 0) is 48.4 Å². The zero-order valence-electron chi connectivity index (χ0n) is 16.3. The highest BCUT2D eigenvalue weighted by Crippen LogP contribution is 2.56. The van der Waals surface area contributed by atoms with Gasteiger partial charge in [0.1, 0.15) is 0 Å². The van der Waals surface area contributed by atoms with E-state index in [1.165, 1.54) is 28.7 Å². The Hall–Kier alpha value is -2.88. The number of carbonyl (C=O) groups is 2. The Balaban J connectivity index is 1.58. The van der Waals surface area contributed by atoms with Crippen molar-refractivity contribution in [3.05, 3.63) is 65.9 Å². The number of aromatic amines is 1. The molecule has 0 bridgehead atoms. The molecule has 0 radical (unpaired) electrons. The van der Waals surface area contributed by atoms with E-state index in [2.05, 4.69) is 23.2 Å². The van der Waals surface area contributed by atoms with Gasteiger partial charge in [-0.25, -0.2) is 4.90 Å². The average molecular weight is 384 g/mol. The average Bonchev–Trinajstić information content (AvgIpc) is 3.13. The monoisotopic (exact) mass is 384 g/mol. The van der Waals surface area contributed by atoms with Crippen LogP contribution < -0.4 is 4.90 Å². The van der Waals surface area contributed by atoms with Gasteiger partial charge in [0, 0.05) is 16.6 Å². The fourth-order valence-corrected chi connectivity index (χ4v) is 6.21. The summed E-state index contributed by atoms with van der Waals surface area (Å²) in [4.78, 5) is 32.3. The summed E-state index contributed by atoms with van der Waals surface area (Å²) in [5.74, 6) is -0.0957. The lowest BCUT2D eigenvalue weighted by atomic mass is 9.64. The number of nitrogens with zero attached hydrogens (tertiary/aromatic N) is 1. The van der Waals surface area contributed by atoms with Crippen molar-refractivity contribution < 1.29 is 9.59 Å². The van der Waals surface area contributed by atoms with Gasteiger partial charge in [0.05, 0.1) is 17.5 Å². The Bertz CT molecular complexity index is 1120.